The first-order valence-corrected chi connectivity index (χ1v) is 6.49. The highest BCUT2D eigenvalue weighted by molar-refractivity contribution is 5.79. The monoisotopic (exact) mass is 226 g/mol. The quantitative estimate of drug-likeness (QED) is 0.754. The van der Waals surface area contributed by atoms with Crippen LogP contribution in [0.1, 0.15) is 52.9 Å². The van der Waals surface area contributed by atoms with E-state index in [4.69, 9.17) is 5.73 Å². The highest BCUT2D eigenvalue weighted by Crippen LogP contribution is 2.26. The van der Waals surface area contributed by atoms with Crippen molar-refractivity contribution in [1.82, 2.24) is 5.32 Å². The van der Waals surface area contributed by atoms with Crippen molar-refractivity contribution >= 4 is 5.91 Å². The number of nitrogens with one attached hydrogen (secondary N) is 1. The second kappa shape index (κ2) is 5.67. The normalized spacial score (nSPS) is 21.1. The van der Waals surface area contributed by atoms with E-state index in [-0.39, 0.29) is 17.4 Å². The molecule has 0 aliphatic heterocycles. The molecule has 0 spiro atoms. The van der Waals surface area contributed by atoms with Crippen LogP contribution < -0.4 is 11.1 Å². The fraction of sp³-hybridized carbons (Fsp3) is 0.923. The fourth-order valence-electron chi connectivity index (χ4n) is 2.67. The van der Waals surface area contributed by atoms with Gasteiger partial charge in [-0.3, -0.25) is 4.79 Å². The van der Waals surface area contributed by atoms with Crippen LogP contribution in [0.5, 0.6) is 0 Å². The first kappa shape index (κ1) is 13.5. The summed E-state index contributed by atoms with van der Waals surface area (Å²) in [6.45, 7) is 6.90. The Morgan fingerprint density at radius 2 is 2.00 bits per heavy atom. The van der Waals surface area contributed by atoms with Gasteiger partial charge in [-0.1, -0.05) is 26.7 Å². The molecule has 1 unspecified atom stereocenters. The fourth-order valence-corrected chi connectivity index (χ4v) is 2.67. The van der Waals surface area contributed by atoms with Crippen molar-refractivity contribution < 1.29 is 4.79 Å². The largest absolute Gasteiger partial charge is 0.349 e. The summed E-state index contributed by atoms with van der Waals surface area (Å²) >= 11 is 0. The lowest BCUT2D eigenvalue weighted by molar-refractivity contribution is -0.126. The molecule has 1 aliphatic carbocycles. The Hall–Kier alpha value is -0.570. The molecule has 0 bridgehead atoms. The first-order valence-electron chi connectivity index (χ1n) is 6.49. The van der Waals surface area contributed by atoms with Gasteiger partial charge in [0, 0.05) is 18.0 Å². The molecule has 0 aromatic heterocycles. The van der Waals surface area contributed by atoms with Gasteiger partial charge in [-0.25, -0.2) is 0 Å². The summed E-state index contributed by atoms with van der Waals surface area (Å²) in [5.41, 5.74) is 5.56. The third-order valence-electron chi connectivity index (χ3n) is 3.46. The maximum absolute atomic E-state index is 12.0. The van der Waals surface area contributed by atoms with Gasteiger partial charge in [-0.05, 0) is 32.1 Å². The number of amides is 1. The van der Waals surface area contributed by atoms with Crippen LogP contribution in [0.25, 0.3) is 0 Å². The topological polar surface area (TPSA) is 55.1 Å². The standard InChI is InChI=1S/C13H26N2O/c1-10(2)8-13(3,9-14)15-12(16)11-6-4-5-7-11/h10-11H,4-9,14H2,1-3H3,(H,15,16). The van der Waals surface area contributed by atoms with Crippen molar-refractivity contribution in [2.45, 2.75) is 58.4 Å². The molecule has 0 radical (unpaired) electrons. The molecule has 0 saturated heterocycles. The summed E-state index contributed by atoms with van der Waals surface area (Å²) < 4.78 is 0. The van der Waals surface area contributed by atoms with Crippen molar-refractivity contribution in [3.63, 3.8) is 0 Å². The molecule has 1 saturated carbocycles. The van der Waals surface area contributed by atoms with Gasteiger partial charge in [-0.2, -0.15) is 0 Å². The van der Waals surface area contributed by atoms with Gasteiger partial charge in [0.25, 0.3) is 0 Å². The van der Waals surface area contributed by atoms with Crippen LogP contribution in [-0.4, -0.2) is 18.0 Å². The minimum Gasteiger partial charge on any atom is -0.349 e. The number of hydrogen-bond acceptors (Lipinski definition) is 2. The molecule has 1 fully saturated rings. The average molecular weight is 226 g/mol. The predicted molar refractivity (Wildman–Crippen MR) is 67.0 cm³/mol. The lowest BCUT2D eigenvalue weighted by Gasteiger charge is -2.32. The van der Waals surface area contributed by atoms with E-state index in [0.29, 0.717) is 12.5 Å². The minimum atomic E-state index is -0.228. The Morgan fingerprint density at radius 3 is 2.44 bits per heavy atom. The molecule has 16 heavy (non-hydrogen) atoms. The van der Waals surface area contributed by atoms with Crippen LogP contribution in [0, 0.1) is 11.8 Å². The van der Waals surface area contributed by atoms with E-state index >= 15 is 0 Å². The highest BCUT2D eigenvalue weighted by atomic mass is 16.2. The Labute approximate surface area is 99.2 Å². The van der Waals surface area contributed by atoms with Gasteiger partial charge in [0.1, 0.15) is 0 Å². The van der Waals surface area contributed by atoms with Crippen LogP contribution in [0.15, 0.2) is 0 Å². The number of rotatable bonds is 5. The lowest BCUT2D eigenvalue weighted by Crippen LogP contribution is -2.53. The molecule has 1 atom stereocenters. The van der Waals surface area contributed by atoms with Crippen molar-refractivity contribution in [2.24, 2.45) is 17.6 Å². The summed E-state index contributed by atoms with van der Waals surface area (Å²) in [5.74, 6) is 1.00. The van der Waals surface area contributed by atoms with E-state index in [2.05, 4.69) is 26.1 Å². The smallest absolute Gasteiger partial charge is 0.223 e. The van der Waals surface area contributed by atoms with E-state index in [1.165, 1.54) is 12.8 Å². The second-order valence-electron chi connectivity index (χ2n) is 5.83. The van der Waals surface area contributed by atoms with Crippen LogP contribution in [0.2, 0.25) is 0 Å². The lowest BCUT2D eigenvalue weighted by atomic mass is 9.90. The van der Waals surface area contributed by atoms with Gasteiger partial charge in [-0.15, -0.1) is 0 Å². The van der Waals surface area contributed by atoms with Crippen molar-refractivity contribution in [3.05, 3.63) is 0 Å². The molecule has 3 N–H and O–H groups in total. The van der Waals surface area contributed by atoms with Crippen LogP contribution in [0.4, 0.5) is 0 Å². The number of carbonyl (C=O) groups excluding carboxylic acids is 1. The third-order valence-corrected chi connectivity index (χ3v) is 3.46. The highest BCUT2D eigenvalue weighted by Gasteiger charge is 2.30. The van der Waals surface area contributed by atoms with Gasteiger partial charge in [0.2, 0.25) is 5.91 Å². The Morgan fingerprint density at radius 1 is 1.44 bits per heavy atom. The molecule has 1 amide bonds. The minimum absolute atomic E-state index is 0.214. The van der Waals surface area contributed by atoms with E-state index in [0.717, 1.165) is 19.3 Å². The van der Waals surface area contributed by atoms with Crippen LogP contribution in [0.3, 0.4) is 0 Å². The van der Waals surface area contributed by atoms with Crippen molar-refractivity contribution in [2.75, 3.05) is 6.54 Å². The van der Waals surface area contributed by atoms with E-state index in [1.54, 1.807) is 0 Å². The van der Waals surface area contributed by atoms with Crippen molar-refractivity contribution in [3.8, 4) is 0 Å². The third kappa shape index (κ3) is 3.78. The van der Waals surface area contributed by atoms with Gasteiger partial charge >= 0.3 is 0 Å². The summed E-state index contributed by atoms with van der Waals surface area (Å²) in [6, 6.07) is 0. The average Bonchev–Trinajstić information content (AvgIpc) is 2.69. The Balaban J connectivity index is 2.50. The summed E-state index contributed by atoms with van der Waals surface area (Å²) in [5, 5.41) is 3.15. The molecule has 0 heterocycles. The van der Waals surface area contributed by atoms with Gasteiger partial charge < -0.3 is 11.1 Å². The SMILES string of the molecule is CC(C)CC(C)(CN)NC(=O)C1CCCC1. The van der Waals surface area contributed by atoms with Crippen LogP contribution in [-0.2, 0) is 4.79 Å². The zero-order valence-corrected chi connectivity index (χ0v) is 10.9. The predicted octanol–water partition coefficient (Wildman–Crippen LogP) is 2.06. The molecule has 3 nitrogen and oxygen atoms in total. The van der Waals surface area contributed by atoms with E-state index < -0.39 is 0 Å². The summed E-state index contributed by atoms with van der Waals surface area (Å²) in [4.78, 5) is 12.0. The number of hydrogen-bond donors (Lipinski definition) is 2. The molecule has 3 heteroatoms. The summed E-state index contributed by atoms with van der Waals surface area (Å²) in [7, 11) is 0. The van der Waals surface area contributed by atoms with Gasteiger partial charge in [0.05, 0.1) is 0 Å². The number of nitrogens with two attached hydrogens (primary N) is 1. The maximum Gasteiger partial charge on any atom is 0.223 e. The van der Waals surface area contributed by atoms with Crippen LogP contribution >= 0.6 is 0 Å². The molecular weight excluding hydrogens is 200 g/mol. The number of carbonyl (C=O) groups is 1. The Kier molecular flexibility index (Phi) is 4.78. The zero-order chi connectivity index (χ0) is 12.2. The molecule has 1 aliphatic rings. The maximum atomic E-state index is 12.0. The summed E-state index contributed by atoms with van der Waals surface area (Å²) in [6.07, 6.45) is 5.44. The van der Waals surface area contributed by atoms with E-state index in [9.17, 15) is 4.79 Å². The first-order chi connectivity index (χ1) is 7.47. The molecule has 94 valence electrons. The molecule has 0 aromatic rings. The van der Waals surface area contributed by atoms with Gasteiger partial charge in [0.15, 0.2) is 0 Å². The second-order valence-corrected chi connectivity index (χ2v) is 5.83. The zero-order valence-electron chi connectivity index (χ0n) is 10.9. The molecule has 1 rings (SSSR count). The molecule has 0 aromatic carbocycles. The Bertz CT molecular complexity index is 234. The molecular formula is C13H26N2O. The van der Waals surface area contributed by atoms with Crippen molar-refractivity contribution in [1.29, 1.82) is 0 Å². The van der Waals surface area contributed by atoms with E-state index in [1.807, 2.05) is 0 Å².